The van der Waals surface area contributed by atoms with Crippen molar-refractivity contribution < 1.29 is 22.7 Å². The summed E-state index contributed by atoms with van der Waals surface area (Å²) in [5, 5.41) is 5.75. The lowest BCUT2D eigenvalue weighted by Crippen LogP contribution is -2.47. The fraction of sp³-hybridized carbons (Fsp3) is 0.333. The van der Waals surface area contributed by atoms with Crippen LogP contribution in [0.15, 0.2) is 48.5 Å². The number of amides is 2. The Kier molecular flexibility index (Phi) is 8.85. The van der Waals surface area contributed by atoms with Crippen molar-refractivity contribution in [2.45, 2.75) is 19.4 Å². The first-order chi connectivity index (χ1) is 14.7. The normalized spacial score (nSPS) is 12.1. The third-order valence-electron chi connectivity index (χ3n) is 4.41. The molecule has 8 nitrogen and oxygen atoms in total. The number of para-hydroxylation sites is 1. The van der Waals surface area contributed by atoms with Crippen LogP contribution in [0.4, 0.5) is 11.4 Å². The summed E-state index contributed by atoms with van der Waals surface area (Å²) in [7, 11) is -2.28. The molecule has 2 amide bonds. The van der Waals surface area contributed by atoms with Gasteiger partial charge in [-0.15, -0.1) is 0 Å². The predicted octanol–water partition coefficient (Wildman–Crippen LogP) is 2.90. The zero-order valence-corrected chi connectivity index (χ0v) is 19.2. The number of carbonyl (C=O) groups is 2. The number of halogens is 1. The van der Waals surface area contributed by atoms with Gasteiger partial charge in [0, 0.05) is 18.7 Å². The molecule has 2 rings (SSSR count). The van der Waals surface area contributed by atoms with Gasteiger partial charge in [0.25, 0.3) is 5.91 Å². The van der Waals surface area contributed by atoms with Crippen LogP contribution in [0.1, 0.15) is 23.7 Å². The summed E-state index contributed by atoms with van der Waals surface area (Å²) in [6, 6.07) is 11.7. The van der Waals surface area contributed by atoms with Gasteiger partial charge in [0.1, 0.15) is 6.04 Å². The highest BCUT2D eigenvalue weighted by atomic mass is 35.5. The minimum atomic E-state index is -3.80. The number of benzene rings is 2. The summed E-state index contributed by atoms with van der Waals surface area (Å²) >= 11 is 6.03. The molecular weight excluding hydrogens is 442 g/mol. The number of sulfonamides is 1. The Labute approximate surface area is 187 Å². The zero-order chi connectivity index (χ0) is 23.0. The van der Waals surface area contributed by atoms with Crippen LogP contribution in [0.25, 0.3) is 0 Å². The topological polar surface area (TPSA) is 105 Å². The van der Waals surface area contributed by atoms with Crippen LogP contribution in [0.3, 0.4) is 0 Å². The van der Waals surface area contributed by atoms with Crippen LogP contribution in [0.2, 0.25) is 5.02 Å². The fourth-order valence-corrected chi connectivity index (χ4v) is 4.43. The standard InChI is InChI=1S/C21H26ClN3O5S/c1-4-19(25(31(3,28)29)16-9-7-8-15(22)14-16)21(27)24-18-11-6-5-10-17(18)20(26)23-12-13-30-2/h5-11,14,19H,4,12-13H2,1-3H3,(H,23,26)(H,24,27). The molecule has 0 heterocycles. The van der Waals surface area contributed by atoms with Gasteiger partial charge in [0.05, 0.1) is 29.8 Å². The van der Waals surface area contributed by atoms with E-state index in [0.29, 0.717) is 18.2 Å². The Morgan fingerprint density at radius 3 is 2.48 bits per heavy atom. The first-order valence-corrected chi connectivity index (χ1v) is 11.8. The SMILES string of the molecule is CCC(C(=O)Nc1ccccc1C(=O)NCCOC)N(c1cccc(Cl)c1)S(C)(=O)=O. The Bertz CT molecular complexity index is 1030. The molecule has 168 valence electrons. The lowest BCUT2D eigenvalue weighted by molar-refractivity contribution is -0.117. The smallest absolute Gasteiger partial charge is 0.253 e. The van der Waals surface area contributed by atoms with E-state index in [1.165, 1.54) is 13.2 Å². The van der Waals surface area contributed by atoms with Gasteiger partial charge in [0.2, 0.25) is 15.9 Å². The average molecular weight is 468 g/mol. The van der Waals surface area contributed by atoms with E-state index in [1.54, 1.807) is 49.4 Å². The number of methoxy groups -OCH3 is 1. The summed E-state index contributed by atoms with van der Waals surface area (Å²) in [4.78, 5) is 25.6. The highest BCUT2D eigenvalue weighted by molar-refractivity contribution is 7.92. The van der Waals surface area contributed by atoms with Crippen LogP contribution in [-0.4, -0.2) is 52.8 Å². The van der Waals surface area contributed by atoms with Gasteiger partial charge >= 0.3 is 0 Å². The van der Waals surface area contributed by atoms with Gasteiger partial charge in [0.15, 0.2) is 0 Å². The molecule has 2 N–H and O–H groups in total. The molecule has 2 aromatic carbocycles. The molecule has 1 unspecified atom stereocenters. The number of nitrogens with zero attached hydrogens (tertiary/aromatic N) is 1. The van der Waals surface area contributed by atoms with Crippen molar-refractivity contribution in [3.63, 3.8) is 0 Å². The number of hydrogen-bond acceptors (Lipinski definition) is 5. The van der Waals surface area contributed by atoms with Gasteiger partial charge in [-0.05, 0) is 36.8 Å². The Morgan fingerprint density at radius 1 is 1.16 bits per heavy atom. The number of hydrogen-bond donors (Lipinski definition) is 2. The van der Waals surface area contributed by atoms with Crippen molar-refractivity contribution in [3.05, 3.63) is 59.1 Å². The van der Waals surface area contributed by atoms with Crippen molar-refractivity contribution in [3.8, 4) is 0 Å². The number of carbonyl (C=O) groups excluding carboxylic acids is 2. The molecule has 1 atom stereocenters. The fourth-order valence-electron chi connectivity index (χ4n) is 3.04. The van der Waals surface area contributed by atoms with Crippen LogP contribution in [0, 0.1) is 0 Å². The summed E-state index contributed by atoms with van der Waals surface area (Å²) in [5.74, 6) is -0.944. The van der Waals surface area contributed by atoms with Crippen LogP contribution >= 0.6 is 11.6 Å². The molecule has 2 aromatic rings. The molecule has 0 aliphatic heterocycles. The van der Waals surface area contributed by atoms with E-state index in [4.69, 9.17) is 16.3 Å². The molecule has 0 aliphatic rings. The molecule has 0 aromatic heterocycles. The Balaban J connectivity index is 2.33. The molecule has 0 saturated carbocycles. The maximum absolute atomic E-state index is 13.1. The maximum atomic E-state index is 13.1. The highest BCUT2D eigenvalue weighted by Gasteiger charge is 2.32. The van der Waals surface area contributed by atoms with Crippen molar-refractivity contribution in [2.75, 3.05) is 36.1 Å². The minimum Gasteiger partial charge on any atom is -0.383 e. The summed E-state index contributed by atoms with van der Waals surface area (Å²) in [6.45, 7) is 2.36. The van der Waals surface area contributed by atoms with Crippen molar-refractivity contribution in [1.29, 1.82) is 0 Å². The van der Waals surface area contributed by atoms with Crippen molar-refractivity contribution in [2.24, 2.45) is 0 Å². The number of rotatable bonds is 10. The molecular formula is C21H26ClN3O5S. The van der Waals surface area contributed by atoms with Crippen molar-refractivity contribution >= 4 is 44.8 Å². The molecule has 0 fully saturated rings. The first-order valence-electron chi connectivity index (χ1n) is 9.61. The number of anilines is 2. The molecule has 0 saturated heterocycles. The van der Waals surface area contributed by atoms with Gasteiger partial charge in [-0.2, -0.15) is 0 Å². The molecule has 0 radical (unpaired) electrons. The lowest BCUT2D eigenvalue weighted by atomic mass is 10.1. The van der Waals surface area contributed by atoms with E-state index in [9.17, 15) is 18.0 Å². The van der Waals surface area contributed by atoms with E-state index in [2.05, 4.69) is 10.6 Å². The third kappa shape index (κ3) is 6.68. The molecule has 0 aliphatic carbocycles. The monoisotopic (exact) mass is 467 g/mol. The zero-order valence-electron chi connectivity index (χ0n) is 17.6. The Morgan fingerprint density at radius 2 is 1.87 bits per heavy atom. The number of ether oxygens (including phenoxy) is 1. The predicted molar refractivity (Wildman–Crippen MR) is 122 cm³/mol. The van der Waals surface area contributed by atoms with E-state index < -0.39 is 22.0 Å². The molecule has 31 heavy (non-hydrogen) atoms. The van der Waals surface area contributed by atoms with Crippen molar-refractivity contribution in [1.82, 2.24) is 5.32 Å². The number of nitrogens with one attached hydrogen (secondary N) is 2. The summed E-state index contributed by atoms with van der Waals surface area (Å²) < 4.78 is 31.1. The molecule has 0 spiro atoms. The molecule has 10 heteroatoms. The van der Waals surface area contributed by atoms with Gasteiger partial charge in [-0.25, -0.2) is 8.42 Å². The van der Waals surface area contributed by atoms with Gasteiger partial charge in [-0.1, -0.05) is 36.7 Å². The quantitative estimate of drug-likeness (QED) is 0.523. The van der Waals surface area contributed by atoms with Crippen LogP contribution in [-0.2, 0) is 19.6 Å². The Hall–Kier alpha value is -2.62. The van der Waals surface area contributed by atoms with E-state index >= 15 is 0 Å². The van der Waals surface area contributed by atoms with E-state index in [0.717, 1.165) is 10.6 Å². The van der Waals surface area contributed by atoms with E-state index in [1.807, 2.05) is 0 Å². The summed E-state index contributed by atoms with van der Waals surface area (Å²) in [6.07, 6.45) is 1.23. The second-order valence-electron chi connectivity index (χ2n) is 6.75. The lowest BCUT2D eigenvalue weighted by Gasteiger charge is -2.30. The largest absolute Gasteiger partial charge is 0.383 e. The summed E-state index contributed by atoms with van der Waals surface area (Å²) in [5.41, 5.74) is 0.818. The van der Waals surface area contributed by atoms with Crippen LogP contribution in [0.5, 0.6) is 0 Å². The first kappa shape index (κ1) is 24.6. The van der Waals surface area contributed by atoms with Crippen LogP contribution < -0.4 is 14.9 Å². The molecule has 0 bridgehead atoms. The second kappa shape index (κ2) is 11.1. The minimum absolute atomic E-state index is 0.202. The maximum Gasteiger partial charge on any atom is 0.253 e. The van der Waals surface area contributed by atoms with Gasteiger partial charge in [-0.3, -0.25) is 13.9 Å². The highest BCUT2D eigenvalue weighted by Crippen LogP contribution is 2.26. The van der Waals surface area contributed by atoms with E-state index in [-0.39, 0.29) is 29.3 Å². The average Bonchev–Trinajstić information content (AvgIpc) is 2.71. The third-order valence-corrected chi connectivity index (χ3v) is 5.83. The van der Waals surface area contributed by atoms with Gasteiger partial charge < -0.3 is 15.4 Å². The second-order valence-corrected chi connectivity index (χ2v) is 9.04.